The molecule has 8 heteroatoms. The fourth-order valence-corrected chi connectivity index (χ4v) is 3.41. The second-order valence-electron chi connectivity index (χ2n) is 6.58. The largest absolute Gasteiger partial charge is 0.293 e. The number of nitriles is 1. The lowest BCUT2D eigenvalue weighted by Gasteiger charge is -2.14. The SMILES string of the molecule is N#Cc1ccc(C[C@@H]2CCN(c3n[nH]c(-c4ccncc4)c3F)C2=O)cc1F. The van der Waals surface area contributed by atoms with Gasteiger partial charge in [-0.2, -0.15) is 10.4 Å². The average Bonchev–Trinajstić information content (AvgIpc) is 3.25. The molecule has 1 aliphatic heterocycles. The molecule has 1 amide bonds. The van der Waals surface area contributed by atoms with Gasteiger partial charge in [0.15, 0.2) is 11.6 Å². The zero-order valence-electron chi connectivity index (χ0n) is 14.7. The van der Waals surface area contributed by atoms with E-state index in [4.69, 9.17) is 5.26 Å². The molecule has 3 aromatic rings. The Balaban J connectivity index is 1.53. The van der Waals surface area contributed by atoms with E-state index in [0.29, 0.717) is 30.5 Å². The lowest BCUT2D eigenvalue weighted by molar-refractivity contribution is -0.120. The van der Waals surface area contributed by atoms with Gasteiger partial charge in [0.25, 0.3) is 0 Å². The molecule has 0 radical (unpaired) electrons. The molecule has 2 aromatic heterocycles. The van der Waals surface area contributed by atoms with Crippen LogP contribution in [0.5, 0.6) is 0 Å². The van der Waals surface area contributed by atoms with E-state index in [2.05, 4.69) is 15.2 Å². The number of benzene rings is 1. The van der Waals surface area contributed by atoms with Crippen molar-refractivity contribution >= 4 is 11.7 Å². The molecule has 1 fully saturated rings. The van der Waals surface area contributed by atoms with Crippen LogP contribution in [0.4, 0.5) is 14.6 Å². The van der Waals surface area contributed by atoms with Crippen LogP contribution in [0, 0.1) is 28.9 Å². The van der Waals surface area contributed by atoms with Crippen LogP contribution in [-0.2, 0) is 11.2 Å². The normalized spacial score (nSPS) is 16.4. The zero-order valence-corrected chi connectivity index (χ0v) is 14.7. The maximum Gasteiger partial charge on any atom is 0.231 e. The fourth-order valence-electron chi connectivity index (χ4n) is 3.41. The molecular weight excluding hydrogens is 364 g/mol. The Bertz CT molecular complexity index is 1070. The van der Waals surface area contributed by atoms with Crippen LogP contribution in [0.3, 0.4) is 0 Å². The highest BCUT2D eigenvalue weighted by Crippen LogP contribution is 2.32. The lowest BCUT2D eigenvalue weighted by Crippen LogP contribution is -2.28. The predicted octanol–water partition coefficient (Wildman–Crippen LogP) is 3.22. The van der Waals surface area contributed by atoms with Crippen LogP contribution >= 0.6 is 0 Å². The lowest BCUT2D eigenvalue weighted by atomic mass is 9.97. The number of hydrogen-bond acceptors (Lipinski definition) is 4. The third-order valence-electron chi connectivity index (χ3n) is 4.87. The quantitative estimate of drug-likeness (QED) is 0.754. The number of nitrogens with zero attached hydrogens (tertiary/aromatic N) is 4. The Kier molecular flexibility index (Phi) is 4.57. The van der Waals surface area contributed by atoms with E-state index in [1.54, 1.807) is 36.7 Å². The van der Waals surface area contributed by atoms with Gasteiger partial charge >= 0.3 is 0 Å². The number of hydrogen-bond donors (Lipinski definition) is 1. The number of halogens is 2. The average molecular weight is 379 g/mol. The molecule has 140 valence electrons. The van der Waals surface area contributed by atoms with Crippen molar-refractivity contribution in [1.29, 1.82) is 5.26 Å². The van der Waals surface area contributed by atoms with Crippen molar-refractivity contribution in [1.82, 2.24) is 15.2 Å². The number of anilines is 1. The molecule has 0 spiro atoms. The second kappa shape index (κ2) is 7.19. The molecule has 0 unspecified atom stereocenters. The third-order valence-corrected chi connectivity index (χ3v) is 4.87. The van der Waals surface area contributed by atoms with Crippen molar-refractivity contribution in [3.05, 3.63) is 65.5 Å². The van der Waals surface area contributed by atoms with Crippen molar-refractivity contribution in [3.63, 3.8) is 0 Å². The Morgan fingerprint density at radius 2 is 2.04 bits per heavy atom. The molecule has 0 saturated carbocycles. The molecule has 6 nitrogen and oxygen atoms in total. The highest BCUT2D eigenvalue weighted by Gasteiger charge is 2.36. The highest BCUT2D eigenvalue weighted by atomic mass is 19.1. The summed E-state index contributed by atoms with van der Waals surface area (Å²) in [6.07, 6.45) is 3.92. The monoisotopic (exact) mass is 379 g/mol. The predicted molar refractivity (Wildman–Crippen MR) is 97.1 cm³/mol. The summed E-state index contributed by atoms with van der Waals surface area (Å²) in [7, 11) is 0. The Labute approximate surface area is 159 Å². The van der Waals surface area contributed by atoms with E-state index < -0.39 is 17.6 Å². The van der Waals surface area contributed by atoms with Crippen molar-refractivity contribution in [2.24, 2.45) is 5.92 Å². The Morgan fingerprint density at radius 1 is 1.25 bits per heavy atom. The molecular formula is C20H15F2N5O. The molecule has 3 heterocycles. The number of aromatic amines is 1. The van der Waals surface area contributed by atoms with E-state index >= 15 is 0 Å². The maximum atomic E-state index is 14.8. The molecule has 1 aliphatic rings. The molecule has 1 atom stereocenters. The minimum absolute atomic E-state index is 0.0367. The number of amides is 1. The van der Waals surface area contributed by atoms with E-state index in [1.165, 1.54) is 17.0 Å². The van der Waals surface area contributed by atoms with E-state index in [1.807, 2.05) is 0 Å². The Hall–Kier alpha value is -3.60. The van der Waals surface area contributed by atoms with Gasteiger partial charge in [-0.15, -0.1) is 0 Å². The van der Waals surface area contributed by atoms with E-state index in [0.717, 1.165) is 0 Å². The first-order valence-electron chi connectivity index (χ1n) is 8.72. The first kappa shape index (κ1) is 17.8. The topological polar surface area (TPSA) is 85.7 Å². The van der Waals surface area contributed by atoms with Gasteiger partial charge in [-0.05, 0) is 42.7 Å². The third kappa shape index (κ3) is 3.11. The molecule has 1 aromatic carbocycles. The molecule has 28 heavy (non-hydrogen) atoms. The van der Waals surface area contributed by atoms with Crippen LogP contribution in [0.1, 0.15) is 17.5 Å². The summed E-state index contributed by atoms with van der Waals surface area (Å²) in [5.74, 6) is -1.89. The number of carbonyl (C=O) groups excluding carboxylic acids is 1. The number of carbonyl (C=O) groups is 1. The summed E-state index contributed by atoms with van der Waals surface area (Å²) in [5, 5.41) is 15.4. The molecule has 1 saturated heterocycles. The zero-order chi connectivity index (χ0) is 19.7. The number of rotatable bonds is 4. The van der Waals surface area contributed by atoms with Crippen LogP contribution in [0.25, 0.3) is 11.3 Å². The first-order chi connectivity index (χ1) is 13.6. The molecule has 4 rings (SSSR count). The fraction of sp³-hybridized carbons (Fsp3) is 0.200. The summed E-state index contributed by atoms with van der Waals surface area (Å²) in [4.78, 5) is 18.0. The molecule has 0 aliphatic carbocycles. The standard InChI is InChI=1S/C20H15F2N5O/c21-16-10-12(1-2-15(16)11-23)9-14-5-8-27(20(14)28)19-17(22)18(25-26-19)13-3-6-24-7-4-13/h1-4,6-7,10,14H,5,8-9H2,(H,25,26)/t14-/m0/s1. The van der Waals surface area contributed by atoms with Gasteiger partial charge in [-0.1, -0.05) is 6.07 Å². The van der Waals surface area contributed by atoms with Gasteiger partial charge in [-0.25, -0.2) is 8.78 Å². The van der Waals surface area contributed by atoms with Gasteiger partial charge in [-0.3, -0.25) is 19.8 Å². The van der Waals surface area contributed by atoms with Gasteiger partial charge in [0.2, 0.25) is 5.91 Å². The van der Waals surface area contributed by atoms with Crippen molar-refractivity contribution in [3.8, 4) is 17.3 Å². The number of nitrogens with one attached hydrogen (secondary N) is 1. The summed E-state index contributed by atoms with van der Waals surface area (Å²) in [6.45, 7) is 0.333. The van der Waals surface area contributed by atoms with Gasteiger partial charge in [0.05, 0.1) is 5.56 Å². The van der Waals surface area contributed by atoms with E-state index in [-0.39, 0.29) is 23.0 Å². The summed E-state index contributed by atoms with van der Waals surface area (Å²) in [5.41, 5.74) is 1.37. The van der Waals surface area contributed by atoms with Gasteiger partial charge in [0.1, 0.15) is 17.6 Å². The van der Waals surface area contributed by atoms with Crippen molar-refractivity contribution in [2.45, 2.75) is 12.8 Å². The first-order valence-corrected chi connectivity index (χ1v) is 8.72. The van der Waals surface area contributed by atoms with Gasteiger partial charge < -0.3 is 0 Å². The minimum atomic E-state index is -0.609. The Morgan fingerprint density at radius 3 is 2.75 bits per heavy atom. The van der Waals surface area contributed by atoms with Crippen LogP contribution in [0.15, 0.2) is 42.7 Å². The summed E-state index contributed by atoms with van der Waals surface area (Å²) >= 11 is 0. The van der Waals surface area contributed by atoms with Crippen LogP contribution in [-0.4, -0.2) is 27.6 Å². The number of pyridine rings is 1. The number of H-pyrrole nitrogens is 1. The van der Waals surface area contributed by atoms with Crippen molar-refractivity contribution in [2.75, 3.05) is 11.4 Å². The maximum absolute atomic E-state index is 14.8. The van der Waals surface area contributed by atoms with E-state index in [9.17, 15) is 13.6 Å². The summed E-state index contributed by atoms with van der Waals surface area (Å²) < 4.78 is 28.6. The van der Waals surface area contributed by atoms with Gasteiger partial charge in [0, 0.05) is 30.4 Å². The molecule has 1 N–H and O–H groups in total. The number of aromatic nitrogens is 3. The second-order valence-corrected chi connectivity index (χ2v) is 6.58. The summed E-state index contributed by atoms with van der Waals surface area (Å²) in [6, 6.07) is 9.36. The highest BCUT2D eigenvalue weighted by molar-refractivity contribution is 5.97. The minimum Gasteiger partial charge on any atom is -0.293 e. The smallest absolute Gasteiger partial charge is 0.231 e. The van der Waals surface area contributed by atoms with Crippen molar-refractivity contribution < 1.29 is 13.6 Å². The van der Waals surface area contributed by atoms with Crippen LogP contribution < -0.4 is 4.90 Å². The molecule has 0 bridgehead atoms. The van der Waals surface area contributed by atoms with Crippen LogP contribution in [0.2, 0.25) is 0 Å².